The summed E-state index contributed by atoms with van der Waals surface area (Å²) in [7, 11) is 0. The number of hydrogen-bond acceptors (Lipinski definition) is 4. The number of ether oxygens (including phenoxy) is 3. The van der Waals surface area contributed by atoms with Crippen LogP contribution in [0, 0.1) is 0 Å². The zero-order chi connectivity index (χ0) is 11.7. The maximum absolute atomic E-state index is 11.6. The van der Waals surface area contributed by atoms with Crippen molar-refractivity contribution in [2.45, 2.75) is 25.6 Å². The van der Waals surface area contributed by atoms with E-state index >= 15 is 0 Å². The SMILES string of the molecule is O=C1OC2=CC=CC2=C1COC1CCCCO1. The maximum atomic E-state index is 11.6. The molecule has 0 aromatic heterocycles. The van der Waals surface area contributed by atoms with Crippen molar-refractivity contribution in [2.24, 2.45) is 0 Å². The Balaban J connectivity index is 1.64. The first-order chi connectivity index (χ1) is 8.34. The number of carbonyl (C=O) groups is 1. The van der Waals surface area contributed by atoms with Crippen LogP contribution in [0.3, 0.4) is 0 Å². The van der Waals surface area contributed by atoms with E-state index in [9.17, 15) is 4.79 Å². The molecule has 1 saturated heterocycles. The summed E-state index contributed by atoms with van der Waals surface area (Å²) in [5.41, 5.74) is 1.45. The Morgan fingerprint density at radius 1 is 1.41 bits per heavy atom. The lowest BCUT2D eigenvalue weighted by Crippen LogP contribution is -2.24. The van der Waals surface area contributed by atoms with Crippen molar-refractivity contribution in [2.75, 3.05) is 13.2 Å². The van der Waals surface area contributed by atoms with E-state index in [-0.39, 0.29) is 18.9 Å². The van der Waals surface area contributed by atoms with Crippen LogP contribution in [0.2, 0.25) is 0 Å². The number of fused-ring (bicyclic) bond motifs is 1. The molecule has 1 aliphatic carbocycles. The number of allylic oxidation sites excluding steroid dienone is 3. The molecule has 1 fully saturated rings. The van der Waals surface area contributed by atoms with Gasteiger partial charge in [-0.25, -0.2) is 4.79 Å². The molecular weight excluding hydrogens is 220 g/mol. The summed E-state index contributed by atoms with van der Waals surface area (Å²) >= 11 is 0. The lowest BCUT2D eigenvalue weighted by molar-refractivity contribution is -0.159. The Bertz CT molecular complexity index is 425. The fourth-order valence-electron chi connectivity index (χ4n) is 2.17. The largest absolute Gasteiger partial charge is 0.422 e. The minimum absolute atomic E-state index is 0.178. The topological polar surface area (TPSA) is 44.8 Å². The van der Waals surface area contributed by atoms with E-state index in [0.29, 0.717) is 11.3 Å². The van der Waals surface area contributed by atoms with E-state index in [0.717, 1.165) is 31.4 Å². The molecule has 2 heterocycles. The molecule has 0 aromatic carbocycles. The Morgan fingerprint density at radius 2 is 2.35 bits per heavy atom. The van der Waals surface area contributed by atoms with Crippen LogP contribution < -0.4 is 0 Å². The van der Waals surface area contributed by atoms with Gasteiger partial charge in [0.15, 0.2) is 6.29 Å². The van der Waals surface area contributed by atoms with Crippen LogP contribution in [0.5, 0.6) is 0 Å². The highest BCUT2D eigenvalue weighted by atomic mass is 16.7. The zero-order valence-electron chi connectivity index (χ0n) is 9.48. The van der Waals surface area contributed by atoms with Crippen molar-refractivity contribution in [3.63, 3.8) is 0 Å². The third-order valence-electron chi connectivity index (χ3n) is 3.10. The summed E-state index contributed by atoms with van der Waals surface area (Å²) in [6, 6.07) is 0. The lowest BCUT2D eigenvalue weighted by Gasteiger charge is -2.22. The van der Waals surface area contributed by atoms with Gasteiger partial charge in [0.05, 0.1) is 12.2 Å². The summed E-state index contributed by atoms with van der Waals surface area (Å²) < 4.78 is 16.2. The lowest BCUT2D eigenvalue weighted by atomic mass is 10.1. The molecule has 3 rings (SSSR count). The fraction of sp³-hybridized carbons (Fsp3) is 0.462. The smallest absolute Gasteiger partial charge is 0.342 e. The van der Waals surface area contributed by atoms with Crippen LogP contribution in [0.15, 0.2) is 35.1 Å². The van der Waals surface area contributed by atoms with E-state index in [1.807, 2.05) is 12.2 Å². The van der Waals surface area contributed by atoms with Crippen molar-refractivity contribution >= 4 is 5.97 Å². The van der Waals surface area contributed by atoms with Crippen LogP contribution >= 0.6 is 0 Å². The zero-order valence-corrected chi connectivity index (χ0v) is 9.48. The molecule has 3 aliphatic rings. The molecule has 4 heteroatoms. The summed E-state index contributed by atoms with van der Waals surface area (Å²) in [5.74, 6) is 0.338. The van der Waals surface area contributed by atoms with E-state index in [1.54, 1.807) is 6.08 Å². The molecule has 0 radical (unpaired) electrons. The third kappa shape index (κ3) is 2.06. The molecule has 4 nitrogen and oxygen atoms in total. The minimum Gasteiger partial charge on any atom is -0.422 e. The standard InChI is InChI=1S/C13H14O4/c14-13-10(9-4-3-5-11(9)17-13)8-16-12-6-1-2-7-15-12/h3-5,12H,1-2,6-8H2. The van der Waals surface area contributed by atoms with E-state index in [4.69, 9.17) is 14.2 Å². The maximum Gasteiger partial charge on any atom is 0.342 e. The van der Waals surface area contributed by atoms with Crippen molar-refractivity contribution in [1.29, 1.82) is 0 Å². The highest BCUT2D eigenvalue weighted by Crippen LogP contribution is 2.31. The predicted octanol–water partition coefficient (Wildman–Crippen LogP) is 1.84. The molecule has 0 bridgehead atoms. The summed E-state index contributed by atoms with van der Waals surface area (Å²) in [6.07, 6.45) is 8.46. The molecule has 0 saturated carbocycles. The van der Waals surface area contributed by atoms with Gasteiger partial charge in [-0.15, -0.1) is 0 Å². The number of carbonyl (C=O) groups excluding carboxylic acids is 1. The van der Waals surface area contributed by atoms with E-state index in [1.165, 1.54) is 0 Å². The average Bonchev–Trinajstić information content (AvgIpc) is 2.89. The first-order valence-electron chi connectivity index (χ1n) is 5.92. The highest BCUT2D eigenvalue weighted by molar-refractivity contribution is 5.96. The van der Waals surface area contributed by atoms with Gasteiger partial charge in [0, 0.05) is 12.2 Å². The molecule has 0 amide bonds. The molecule has 90 valence electrons. The number of rotatable bonds is 3. The van der Waals surface area contributed by atoms with Gasteiger partial charge >= 0.3 is 5.97 Å². The molecule has 1 atom stereocenters. The summed E-state index contributed by atoms with van der Waals surface area (Å²) in [5, 5.41) is 0. The monoisotopic (exact) mass is 234 g/mol. The van der Waals surface area contributed by atoms with E-state index in [2.05, 4.69) is 0 Å². The van der Waals surface area contributed by atoms with Crippen molar-refractivity contribution in [1.82, 2.24) is 0 Å². The third-order valence-corrected chi connectivity index (χ3v) is 3.10. The molecule has 0 aromatic rings. The quantitative estimate of drug-likeness (QED) is 0.699. The normalized spacial score (nSPS) is 27.2. The second-order valence-electron chi connectivity index (χ2n) is 4.28. The Morgan fingerprint density at radius 3 is 3.18 bits per heavy atom. The molecular formula is C13H14O4. The van der Waals surface area contributed by atoms with Crippen molar-refractivity contribution in [3.05, 3.63) is 35.1 Å². The highest BCUT2D eigenvalue weighted by Gasteiger charge is 2.30. The molecule has 17 heavy (non-hydrogen) atoms. The van der Waals surface area contributed by atoms with E-state index < -0.39 is 0 Å². The van der Waals surface area contributed by atoms with Gasteiger partial charge in [0.2, 0.25) is 0 Å². The Labute approximate surface area is 99.5 Å². The van der Waals surface area contributed by atoms with Gasteiger partial charge in [-0.2, -0.15) is 0 Å². The number of hydrogen-bond donors (Lipinski definition) is 0. The number of esters is 1. The second kappa shape index (κ2) is 4.47. The van der Waals surface area contributed by atoms with Gasteiger partial charge in [0.25, 0.3) is 0 Å². The van der Waals surface area contributed by atoms with Gasteiger partial charge in [-0.05, 0) is 25.3 Å². The van der Waals surface area contributed by atoms with Crippen LogP contribution in [0.4, 0.5) is 0 Å². The molecule has 1 unspecified atom stereocenters. The Hall–Kier alpha value is -1.39. The van der Waals surface area contributed by atoms with Gasteiger partial charge in [-0.1, -0.05) is 12.2 Å². The first kappa shape index (κ1) is 10.7. The predicted molar refractivity (Wildman–Crippen MR) is 59.9 cm³/mol. The molecule has 2 aliphatic heterocycles. The van der Waals surface area contributed by atoms with Crippen molar-refractivity contribution in [3.8, 4) is 0 Å². The van der Waals surface area contributed by atoms with Crippen LogP contribution in [-0.4, -0.2) is 25.5 Å². The van der Waals surface area contributed by atoms with Crippen molar-refractivity contribution < 1.29 is 19.0 Å². The molecule has 0 N–H and O–H groups in total. The Kier molecular flexibility index (Phi) is 2.82. The van der Waals surface area contributed by atoms with Gasteiger partial charge < -0.3 is 14.2 Å². The second-order valence-corrected chi connectivity index (χ2v) is 4.28. The fourth-order valence-corrected chi connectivity index (χ4v) is 2.17. The van der Waals surface area contributed by atoms with Crippen LogP contribution in [0.25, 0.3) is 0 Å². The van der Waals surface area contributed by atoms with Gasteiger partial charge in [0.1, 0.15) is 5.76 Å². The van der Waals surface area contributed by atoms with Crippen LogP contribution in [-0.2, 0) is 19.0 Å². The molecule has 0 spiro atoms. The van der Waals surface area contributed by atoms with Crippen LogP contribution in [0.1, 0.15) is 19.3 Å². The average molecular weight is 234 g/mol. The minimum atomic E-state index is -0.300. The van der Waals surface area contributed by atoms with Gasteiger partial charge in [-0.3, -0.25) is 0 Å². The summed E-state index contributed by atoms with van der Waals surface area (Å²) in [6.45, 7) is 1.01. The first-order valence-corrected chi connectivity index (χ1v) is 5.92. The summed E-state index contributed by atoms with van der Waals surface area (Å²) in [4.78, 5) is 11.6.